The van der Waals surface area contributed by atoms with E-state index in [0.29, 0.717) is 25.3 Å². The first-order valence-electron chi connectivity index (χ1n) is 11.8. The van der Waals surface area contributed by atoms with E-state index in [1.165, 1.54) is 0 Å². The number of pyridine rings is 1. The number of hydrogen-bond acceptors (Lipinski definition) is 4. The van der Waals surface area contributed by atoms with Crippen molar-refractivity contribution in [1.29, 1.82) is 0 Å². The van der Waals surface area contributed by atoms with E-state index in [1.54, 1.807) is 6.33 Å². The molecule has 3 heterocycles. The molecule has 1 amide bonds. The monoisotopic (exact) mass is 567 g/mol. The number of imidazole rings is 1. The molecule has 0 radical (unpaired) electrons. The Hall–Kier alpha value is -3.58. The van der Waals surface area contributed by atoms with Gasteiger partial charge in [-0.15, -0.1) is 37.2 Å². The maximum absolute atomic E-state index is 13.6. The summed E-state index contributed by atoms with van der Waals surface area (Å²) in [6.45, 7) is 2.56. The quantitative estimate of drug-likeness (QED) is 0.267. The van der Waals surface area contributed by atoms with E-state index in [1.807, 2.05) is 65.7 Å². The molecule has 1 N–H and O–H groups in total. The molecule has 0 fully saturated rings. The molecule has 1 aliphatic heterocycles. The summed E-state index contributed by atoms with van der Waals surface area (Å²) in [5, 5.41) is 1.03. The Bertz CT molecular complexity index is 1500. The van der Waals surface area contributed by atoms with Crippen LogP contribution in [0.2, 0.25) is 0 Å². The SMILES string of the molecule is Cl.Cl.Cl.O=C(c1ccc2ccccc2n1)N1CCN(Cc2cnc[nH]2)c2ccc(-c3ccccc3)cc2C1. The highest BCUT2D eigenvalue weighted by atomic mass is 35.5. The molecule has 0 aliphatic carbocycles. The Morgan fingerprint density at radius 2 is 1.63 bits per heavy atom. The van der Waals surface area contributed by atoms with Crippen LogP contribution in [0.3, 0.4) is 0 Å². The zero-order chi connectivity index (χ0) is 23.6. The second-order valence-electron chi connectivity index (χ2n) is 8.82. The molecule has 196 valence electrons. The van der Waals surface area contributed by atoms with Crippen molar-refractivity contribution in [2.75, 3.05) is 18.0 Å². The highest BCUT2D eigenvalue weighted by Crippen LogP contribution is 2.31. The molecule has 0 saturated heterocycles. The first kappa shape index (κ1) is 29.0. The molecule has 6 nitrogen and oxygen atoms in total. The number of para-hydroxylation sites is 1. The van der Waals surface area contributed by atoms with E-state index < -0.39 is 0 Å². The number of anilines is 1. The number of carbonyl (C=O) groups excluding carboxylic acids is 1. The number of halogens is 3. The van der Waals surface area contributed by atoms with E-state index >= 15 is 0 Å². The number of amides is 1. The van der Waals surface area contributed by atoms with E-state index in [2.05, 4.69) is 50.2 Å². The fraction of sp³-hybridized carbons (Fsp3) is 0.138. The summed E-state index contributed by atoms with van der Waals surface area (Å²) < 4.78 is 0. The number of aromatic amines is 1. The molecule has 0 atom stereocenters. The molecule has 0 spiro atoms. The average Bonchev–Trinajstić information content (AvgIpc) is 3.36. The van der Waals surface area contributed by atoms with Crippen molar-refractivity contribution in [2.24, 2.45) is 0 Å². The first-order chi connectivity index (χ1) is 17.2. The van der Waals surface area contributed by atoms with Crippen LogP contribution in [0.25, 0.3) is 22.0 Å². The van der Waals surface area contributed by atoms with Gasteiger partial charge in [-0.2, -0.15) is 0 Å². The Morgan fingerprint density at radius 1 is 0.842 bits per heavy atom. The lowest BCUT2D eigenvalue weighted by atomic mass is 10.0. The molecule has 0 saturated carbocycles. The zero-order valence-electron chi connectivity index (χ0n) is 20.5. The van der Waals surface area contributed by atoms with E-state index in [-0.39, 0.29) is 43.1 Å². The second kappa shape index (κ2) is 12.8. The van der Waals surface area contributed by atoms with Gasteiger partial charge in [0.2, 0.25) is 0 Å². The molecule has 9 heteroatoms. The van der Waals surface area contributed by atoms with Crippen LogP contribution in [0, 0.1) is 0 Å². The topological polar surface area (TPSA) is 65.1 Å². The Labute approximate surface area is 240 Å². The smallest absolute Gasteiger partial charge is 0.272 e. The number of benzene rings is 3. The number of hydrogen-bond donors (Lipinski definition) is 1. The van der Waals surface area contributed by atoms with Gasteiger partial charge in [0.15, 0.2) is 0 Å². The summed E-state index contributed by atoms with van der Waals surface area (Å²) in [5.41, 5.74) is 6.92. The van der Waals surface area contributed by atoms with Gasteiger partial charge in [-0.1, -0.05) is 60.7 Å². The summed E-state index contributed by atoms with van der Waals surface area (Å²) in [4.78, 5) is 29.9. The summed E-state index contributed by atoms with van der Waals surface area (Å²) in [7, 11) is 0. The van der Waals surface area contributed by atoms with Crippen LogP contribution in [0.4, 0.5) is 5.69 Å². The van der Waals surface area contributed by atoms with E-state index in [0.717, 1.165) is 45.5 Å². The lowest BCUT2D eigenvalue weighted by Gasteiger charge is -2.24. The third-order valence-electron chi connectivity index (χ3n) is 6.55. The van der Waals surface area contributed by atoms with Crippen molar-refractivity contribution in [3.05, 3.63) is 114 Å². The molecular weight excluding hydrogens is 541 g/mol. The van der Waals surface area contributed by atoms with Crippen LogP contribution in [0.15, 0.2) is 97.5 Å². The lowest BCUT2D eigenvalue weighted by Crippen LogP contribution is -2.35. The summed E-state index contributed by atoms with van der Waals surface area (Å²) in [6.07, 6.45) is 3.55. The normalized spacial score (nSPS) is 12.4. The first-order valence-corrected chi connectivity index (χ1v) is 11.8. The maximum Gasteiger partial charge on any atom is 0.272 e. The van der Waals surface area contributed by atoms with Crippen LogP contribution in [0.1, 0.15) is 21.7 Å². The van der Waals surface area contributed by atoms with E-state index in [9.17, 15) is 4.79 Å². The Morgan fingerprint density at radius 3 is 2.42 bits per heavy atom. The minimum atomic E-state index is -0.0461. The minimum Gasteiger partial charge on any atom is -0.364 e. The third kappa shape index (κ3) is 5.94. The molecule has 0 bridgehead atoms. The maximum atomic E-state index is 13.6. The van der Waals surface area contributed by atoms with Crippen molar-refractivity contribution >= 4 is 59.7 Å². The van der Waals surface area contributed by atoms with Crippen LogP contribution in [-0.2, 0) is 13.1 Å². The van der Waals surface area contributed by atoms with Gasteiger partial charge in [-0.25, -0.2) is 9.97 Å². The summed E-state index contributed by atoms with van der Waals surface area (Å²) >= 11 is 0. The number of fused-ring (bicyclic) bond motifs is 2. The molecule has 5 aromatic rings. The summed E-state index contributed by atoms with van der Waals surface area (Å²) in [6, 6.07) is 28.6. The molecule has 3 aromatic carbocycles. The third-order valence-corrected chi connectivity index (χ3v) is 6.55. The highest BCUT2D eigenvalue weighted by molar-refractivity contribution is 5.95. The van der Waals surface area contributed by atoms with Gasteiger partial charge in [-0.05, 0) is 41.0 Å². The van der Waals surface area contributed by atoms with Crippen LogP contribution >= 0.6 is 37.2 Å². The molecule has 1 aliphatic rings. The van der Waals surface area contributed by atoms with Crippen molar-refractivity contribution < 1.29 is 4.79 Å². The van der Waals surface area contributed by atoms with Crippen molar-refractivity contribution in [3.63, 3.8) is 0 Å². The van der Waals surface area contributed by atoms with Crippen molar-refractivity contribution in [2.45, 2.75) is 13.1 Å². The number of nitrogens with one attached hydrogen (secondary N) is 1. The predicted molar refractivity (Wildman–Crippen MR) is 160 cm³/mol. The lowest BCUT2D eigenvalue weighted by molar-refractivity contribution is 0.0746. The van der Waals surface area contributed by atoms with Gasteiger partial charge >= 0.3 is 0 Å². The molecule has 38 heavy (non-hydrogen) atoms. The number of carbonyl (C=O) groups is 1. The van der Waals surface area contributed by atoms with Gasteiger partial charge in [0, 0.05) is 36.9 Å². The fourth-order valence-corrected chi connectivity index (χ4v) is 4.74. The van der Waals surface area contributed by atoms with Crippen molar-refractivity contribution in [1.82, 2.24) is 19.9 Å². The van der Waals surface area contributed by atoms with Crippen LogP contribution < -0.4 is 4.90 Å². The van der Waals surface area contributed by atoms with Crippen LogP contribution in [0.5, 0.6) is 0 Å². The number of nitrogens with zero attached hydrogens (tertiary/aromatic N) is 4. The Kier molecular flexibility index (Phi) is 9.75. The highest BCUT2D eigenvalue weighted by Gasteiger charge is 2.25. The van der Waals surface area contributed by atoms with E-state index in [4.69, 9.17) is 0 Å². The number of H-pyrrole nitrogens is 1. The van der Waals surface area contributed by atoms with Crippen LogP contribution in [-0.4, -0.2) is 38.8 Å². The number of rotatable bonds is 4. The fourth-order valence-electron chi connectivity index (χ4n) is 4.74. The molecular formula is C29H28Cl3N5O. The standard InChI is InChI=1S/C29H25N5O.3ClH/c35-29(27-12-10-22-8-4-5-9-26(22)32-27)34-15-14-33(19-25-17-30-20-31-25)28-13-11-23(16-24(28)18-34)21-6-2-1-3-7-21;;;/h1-13,16-17,20H,14-15,18-19H2,(H,30,31);3*1H. The van der Waals surface area contributed by atoms with Gasteiger partial charge in [-0.3, -0.25) is 4.79 Å². The molecule has 0 unspecified atom stereocenters. The van der Waals surface area contributed by atoms with Crippen molar-refractivity contribution in [3.8, 4) is 11.1 Å². The second-order valence-corrected chi connectivity index (χ2v) is 8.82. The molecule has 2 aromatic heterocycles. The largest absolute Gasteiger partial charge is 0.364 e. The average molecular weight is 569 g/mol. The number of aromatic nitrogens is 3. The zero-order valence-corrected chi connectivity index (χ0v) is 22.9. The predicted octanol–water partition coefficient (Wildman–Crippen LogP) is 6.55. The van der Waals surface area contributed by atoms with Gasteiger partial charge in [0.1, 0.15) is 5.69 Å². The van der Waals surface area contributed by atoms with Gasteiger partial charge in [0.25, 0.3) is 5.91 Å². The molecule has 6 rings (SSSR count). The summed E-state index contributed by atoms with van der Waals surface area (Å²) in [5.74, 6) is -0.0461. The Balaban J connectivity index is 0.00000133. The van der Waals surface area contributed by atoms with Gasteiger partial charge < -0.3 is 14.8 Å². The minimum absolute atomic E-state index is 0. The van der Waals surface area contributed by atoms with Gasteiger partial charge in [0.05, 0.1) is 24.1 Å².